The molecule has 0 radical (unpaired) electrons. The van der Waals surface area contributed by atoms with Gasteiger partial charge >= 0.3 is 0 Å². The van der Waals surface area contributed by atoms with E-state index >= 15 is 0 Å². The molecule has 0 saturated heterocycles. The Morgan fingerprint density at radius 1 is 1.13 bits per heavy atom. The molecule has 0 aliphatic carbocycles. The second-order valence-corrected chi connectivity index (χ2v) is 10.8. The van der Waals surface area contributed by atoms with Crippen LogP contribution in [0.4, 0.5) is 0 Å². The molecule has 8 nitrogen and oxygen atoms in total. The molecular weight excluding hydrogens is 434 g/mol. The van der Waals surface area contributed by atoms with E-state index in [1.807, 2.05) is 26.8 Å². The minimum Gasteiger partial charge on any atom is -0.318 e. The first-order chi connectivity index (χ1) is 14.5. The third-order valence-corrected chi connectivity index (χ3v) is 7.69. The number of aliphatic imine (C=N–C) groups is 1. The maximum atomic E-state index is 12.6. The number of benzene rings is 1. The fourth-order valence-electron chi connectivity index (χ4n) is 3.64. The third-order valence-electron chi connectivity index (χ3n) is 5.12. The highest BCUT2D eigenvalue weighted by atomic mass is 32.3. The van der Waals surface area contributed by atoms with Crippen LogP contribution in [0.25, 0.3) is 11.8 Å². The summed E-state index contributed by atoms with van der Waals surface area (Å²) >= 11 is 0.772. The number of fused-ring (bicyclic) bond motifs is 1. The quantitative estimate of drug-likeness (QED) is 0.699. The van der Waals surface area contributed by atoms with Crippen LogP contribution in [0.1, 0.15) is 28.1 Å². The molecule has 10 heteroatoms. The zero-order valence-electron chi connectivity index (χ0n) is 17.7. The van der Waals surface area contributed by atoms with Crippen LogP contribution in [0.3, 0.4) is 0 Å². The van der Waals surface area contributed by atoms with Crippen molar-refractivity contribution >= 4 is 49.0 Å². The van der Waals surface area contributed by atoms with Crippen molar-refractivity contribution in [1.82, 2.24) is 9.58 Å². The van der Waals surface area contributed by atoms with Crippen molar-refractivity contribution < 1.29 is 13.2 Å². The van der Waals surface area contributed by atoms with Gasteiger partial charge in [-0.25, -0.2) is 8.42 Å². The van der Waals surface area contributed by atoms with E-state index in [-0.39, 0.29) is 21.0 Å². The lowest BCUT2D eigenvalue weighted by molar-refractivity contribution is -0.114. The fourth-order valence-corrected chi connectivity index (χ4v) is 5.33. The lowest BCUT2D eigenvalue weighted by atomic mass is 10.1. The van der Waals surface area contributed by atoms with Crippen molar-refractivity contribution in [1.29, 1.82) is 5.41 Å². The van der Waals surface area contributed by atoms with E-state index in [1.165, 1.54) is 5.56 Å². The molecule has 1 aromatic carbocycles. The van der Waals surface area contributed by atoms with Gasteiger partial charge in [0.1, 0.15) is 0 Å². The van der Waals surface area contributed by atoms with Gasteiger partial charge in [-0.3, -0.25) is 10.2 Å². The van der Waals surface area contributed by atoms with E-state index in [9.17, 15) is 13.2 Å². The van der Waals surface area contributed by atoms with Gasteiger partial charge < -0.3 is 4.57 Å². The maximum Gasteiger partial charge on any atom is 0.283 e. The first-order valence-electron chi connectivity index (χ1n) is 9.44. The minimum atomic E-state index is -3.57. The van der Waals surface area contributed by atoms with Gasteiger partial charge in [0, 0.05) is 23.3 Å². The van der Waals surface area contributed by atoms with Gasteiger partial charge in [0.05, 0.1) is 5.57 Å². The minimum absolute atomic E-state index is 0.0590. The number of carbonyl (C=O) groups is 1. The van der Waals surface area contributed by atoms with E-state index < -0.39 is 15.7 Å². The zero-order valence-corrected chi connectivity index (χ0v) is 19.3. The number of aryl methyl sites for hydroxylation is 3. The normalized spacial score (nSPS) is 17.8. The summed E-state index contributed by atoms with van der Waals surface area (Å²) < 4.78 is 25.5. The molecule has 0 saturated carbocycles. The Balaban J connectivity index is 1.77. The van der Waals surface area contributed by atoms with Crippen LogP contribution < -0.4 is 0 Å². The van der Waals surface area contributed by atoms with Crippen LogP contribution in [0.15, 0.2) is 39.9 Å². The summed E-state index contributed by atoms with van der Waals surface area (Å²) in [6.45, 7) is 8.04. The highest BCUT2D eigenvalue weighted by Crippen LogP contribution is 2.31. The van der Waals surface area contributed by atoms with E-state index in [2.05, 4.69) is 39.8 Å². The summed E-state index contributed by atoms with van der Waals surface area (Å²) in [5.41, 5.74) is 6.11. The van der Waals surface area contributed by atoms with Crippen molar-refractivity contribution in [3.8, 4) is 5.69 Å². The lowest BCUT2D eigenvalue weighted by Crippen LogP contribution is -2.35. The summed E-state index contributed by atoms with van der Waals surface area (Å²) in [5.74, 6) is -0.789. The van der Waals surface area contributed by atoms with Crippen LogP contribution >= 0.6 is 11.8 Å². The number of thioether (sulfide) groups is 1. The molecule has 1 N–H and O–H groups in total. The molecular formula is C21H21N5O3S2. The number of sulfone groups is 1. The number of hydrazone groups is 1. The predicted molar refractivity (Wildman–Crippen MR) is 125 cm³/mol. The number of carbonyl (C=O) groups excluding carboxylic acids is 1. The first-order valence-corrected chi connectivity index (χ1v) is 12.1. The van der Waals surface area contributed by atoms with Gasteiger partial charge in [0.15, 0.2) is 5.84 Å². The van der Waals surface area contributed by atoms with E-state index in [0.717, 1.165) is 51.2 Å². The molecule has 1 amide bonds. The van der Waals surface area contributed by atoms with Gasteiger partial charge in [-0.05, 0) is 68.8 Å². The number of hydrogen-bond acceptors (Lipinski definition) is 6. The third kappa shape index (κ3) is 3.66. The highest BCUT2D eigenvalue weighted by molar-refractivity contribution is 8.42. The van der Waals surface area contributed by atoms with Crippen LogP contribution in [0, 0.1) is 33.1 Å². The molecule has 2 aromatic rings. The van der Waals surface area contributed by atoms with Crippen molar-refractivity contribution in [3.63, 3.8) is 0 Å². The molecule has 0 fully saturated rings. The second kappa shape index (κ2) is 7.31. The molecule has 0 spiro atoms. The number of amides is 1. The SMILES string of the molecule is Cc1ccc(-n2c(C)cc(/C=C3\C(=N)N4N=C(S(C)(=O)=O)SC4=NC3=O)c2C)c(C)c1. The predicted octanol–water partition coefficient (Wildman–Crippen LogP) is 3.33. The molecule has 0 atom stereocenters. The smallest absolute Gasteiger partial charge is 0.283 e. The van der Waals surface area contributed by atoms with Crippen LogP contribution in [0.2, 0.25) is 0 Å². The van der Waals surface area contributed by atoms with Gasteiger partial charge in [-0.1, -0.05) is 17.7 Å². The number of nitrogens with one attached hydrogen (secondary N) is 1. The molecule has 2 aliphatic rings. The summed E-state index contributed by atoms with van der Waals surface area (Å²) in [5, 5.41) is 13.6. The standard InChI is InChI=1S/C21H21N5O3S2/c1-11-6-7-17(12(2)8-11)25-13(3)9-15(14(25)4)10-16-18(22)26-20(23-19(16)27)30-21(24-26)31(5,28)29/h6-10,22H,1-5H3/b16-10+,22-18?. The monoisotopic (exact) mass is 455 g/mol. The Labute approximate surface area is 184 Å². The van der Waals surface area contributed by atoms with Crippen LogP contribution in [-0.4, -0.2) is 45.5 Å². The van der Waals surface area contributed by atoms with Crippen molar-refractivity contribution in [2.24, 2.45) is 10.1 Å². The number of aromatic nitrogens is 1. The number of rotatable bonds is 2. The van der Waals surface area contributed by atoms with Crippen molar-refractivity contribution in [2.45, 2.75) is 27.7 Å². The van der Waals surface area contributed by atoms with Crippen molar-refractivity contribution in [3.05, 3.63) is 57.9 Å². The Morgan fingerprint density at radius 3 is 2.48 bits per heavy atom. The molecule has 1 aromatic heterocycles. The summed E-state index contributed by atoms with van der Waals surface area (Å²) in [4.78, 5) is 16.6. The first kappa shape index (κ1) is 21.3. The Morgan fingerprint density at radius 2 is 1.84 bits per heavy atom. The number of nitrogens with zero attached hydrogens (tertiary/aromatic N) is 4. The van der Waals surface area contributed by atoms with Gasteiger partial charge in [-0.2, -0.15) is 10.0 Å². The zero-order chi connectivity index (χ0) is 22.7. The molecule has 3 heterocycles. The summed E-state index contributed by atoms with van der Waals surface area (Å²) in [6, 6.07) is 8.18. The average Bonchev–Trinajstić information content (AvgIpc) is 3.21. The second-order valence-electron chi connectivity index (χ2n) is 7.61. The van der Waals surface area contributed by atoms with Gasteiger partial charge in [0.2, 0.25) is 19.4 Å². The fraction of sp³-hybridized carbons (Fsp3) is 0.238. The molecule has 4 rings (SSSR count). The highest BCUT2D eigenvalue weighted by Gasteiger charge is 2.38. The molecule has 160 valence electrons. The van der Waals surface area contributed by atoms with E-state index in [4.69, 9.17) is 5.41 Å². The largest absolute Gasteiger partial charge is 0.318 e. The molecule has 31 heavy (non-hydrogen) atoms. The summed E-state index contributed by atoms with van der Waals surface area (Å²) in [7, 11) is -3.57. The average molecular weight is 456 g/mol. The van der Waals surface area contributed by atoms with Gasteiger partial charge in [0.25, 0.3) is 5.91 Å². The molecule has 2 aliphatic heterocycles. The maximum absolute atomic E-state index is 12.6. The van der Waals surface area contributed by atoms with Crippen molar-refractivity contribution in [2.75, 3.05) is 6.26 Å². The Kier molecular flexibility index (Phi) is 5.01. The van der Waals surface area contributed by atoms with Gasteiger partial charge in [-0.15, -0.1) is 5.10 Å². The topological polar surface area (TPSA) is 108 Å². The Bertz CT molecular complexity index is 1360. The van der Waals surface area contributed by atoms with Crippen LogP contribution in [0.5, 0.6) is 0 Å². The number of hydrogen-bond donors (Lipinski definition) is 1. The lowest BCUT2D eigenvalue weighted by Gasteiger charge is -2.20. The van der Waals surface area contributed by atoms with E-state index in [0.29, 0.717) is 0 Å². The molecule has 0 unspecified atom stereocenters. The number of amidine groups is 2. The Hall–Kier alpha value is -2.98. The van der Waals surface area contributed by atoms with E-state index in [1.54, 1.807) is 6.08 Å². The molecule has 0 bridgehead atoms. The summed E-state index contributed by atoms with van der Waals surface area (Å²) in [6.07, 6.45) is 2.65. The van der Waals surface area contributed by atoms with Crippen LogP contribution in [-0.2, 0) is 14.6 Å².